The Kier molecular flexibility index (Phi) is 8.22. The minimum absolute atomic E-state index is 0.123. The number of hydrogen-bond acceptors (Lipinski definition) is 6. The van der Waals surface area contributed by atoms with E-state index >= 15 is 0 Å². The quantitative estimate of drug-likeness (QED) is 0.615. The lowest BCUT2D eigenvalue weighted by Gasteiger charge is -2.37. The highest BCUT2D eigenvalue weighted by molar-refractivity contribution is 7.89. The van der Waals surface area contributed by atoms with Crippen LogP contribution in [0, 0.1) is 13.8 Å². The average molecular weight is 488 g/mol. The van der Waals surface area contributed by atoms with Crippen molar-refractivity contribution in [3.63, 3.8) is 0 Å². The third kappa shape index (κ3) is 5.71. The molecule has 3 rings (SSSR count). The number of rotatable bonds is 8. The molecule has 1 fully saturated rings. The summed E-state index contributed by atoms with van der Waals surface area (Å²) in [7, 11) is 2.86. The molecule has 1 N–H and O–H groups in total. The first-order valence-electron chi connectivity index (χ1n) is 11.6. The van der Waals surface area contributed by atoms with Crippen molar-refractivity contribution >= 4 is 27.3 Å². The van der Waals surface area contributed by atoms with Crippen LogP contribution in [0.1, 0.15) is 21.5 Å². The smallest absolute Gasteiger partial charge is 0.251 e. The highest BCUT2D eigenvalue weighted by atomic mass is 32.2. The van der Waals surface area contributed by atoms with E-state index in [1.807, 2.05) is 0 Å². The Labute approximate surface area is 204 Å². The van der Waals surface area contributed by atoms with E-state index in [1.54, 1.807) is 31.1 Å². The molecular formula is C25H37N5O3S. The number of anilines is 2. The number of benzene rings is 2. The van der Waals surface area contributed by atoms with Gasteiger partial charge in [0.25, 0.3) is 5.91 Å². The molecule has 0 aliphatic carbocycles. The molecule has 34 heavy (non-hydrogen) atoms. The van der Waals surface area contributed by atoms with Gasteiger partial charge in [-0.1, -0.05) is 12.1 Å². The molecule has 0 atom stereocenters. The predicted molar refractivity (Wildman–Crippen MR) is 139 cm³/mol. The number of sulfonamides is 1. The Morgan fingerprint density at radius 3 is 2.29 bits per heavy atom. The standard InChI is InChI=1S/C25H37N5O3S/c1-19-8-7-9-22(20(19)2)30-16-14-29(15-17-30)13-12-26-25(31)21-10-11-23(27(3)4)24(18-21)34(32,33)28(5)6/h7-11,18H,12-17H2,1-6H3,(H,26,31). The zero-order valence-electron chi connectivity index (χ0n) is 21.1. The highest BCUT2D eigenvalue weighted by Crippen LogP contribution is 2.27. The van der Waals surface area contributed by atoms with Gasteiger partial charge >= 0.3 is 0 Å². The van der Waals surface area contributed by atoms with E-state index in [-0.39, 0.29) is 10.8 Å². The van der Waals surface area contributed by atoms with E-state index in [9.17, 15) is 13.2 Å². The molecular weight excluding hydrogens is 450 g/mol. The Balaban J connectivity index is 1.57. The maximum absolute atomic E-state index is 12.8. The molecule has 2 aromatic rings. The monoisotopic (exact) mass is 487 g/mol. The molecule has 0 spiro atoms. The van der Waals surface area contributed by atoms with Crippen LogP contribution in [0.25, 0.3) is 0 Å². The van der Waals surface area contributed by atoms with Crippen LogP contribution in [-0.2, 0) is 10.0 Å². The van der Waals surface area contributed by atoms with E-state index in [4.69, 9.17) is 0 Å². The number of carbonyl (C=O) groups is 1. The van der Waals surface area contributed by atoms with Crippen molar-refractivity contribution in [2.24, 2.45) is 0 Å². The fourth-order valence-corrected chi connectivity index (χ4v) is 5.33. The van der Waals surface area contributed by atoms with Gasteiger partial charge in [0.15, 0.2) is 0 Å². The van der Waals surface area contributed by atoms with Crippen LogP contribution in [-0.4, -0.2) is 91.0 Å². The summed E-state index contributed by atoms with van der Waals surface area (Å²) in [6, 6.07) is 11.2. The third-order valence-corrected chi connectivity index (χ3v) is 8.31. The van der Waals surface area contributed by atoms with Crippen molar-refractivity contribution in [2.75, 3.05) is 77.3 Å². The summed E-state index contributed by atoms with van der Waals surface area (Å²) in [6.07, 6.45) is 0. The Hall–Kier alpha value is -2.62. The van der Waals surface area contributed by atoms with E-state index in [2.05, 4.69) is 47.2 Å². The van der Waals surface area contributed by atoms with Gasteiger partial charge < -0.3 is 15.1 Å². The first kappa shape index (κ1) is 26.0. The molecule has 1 aliphatic rings. The number of aryl methyl sites for hydroxylation is 1. The summed E-state index contributed by atoms with van der Waals surface area (Å²) < 4.78 is 26.7. The van der Waals surface area contributed by atoms with Crippen molar-refractivity contribution in [1.29, 1.82) is 0 Å². The predicted octanol–water partition coefficient (Wildman–Crippen LogP) is 2.17. The van der Waals surface area contributed by atoms with Crippen molar-refractivity contribution in [3.8, 4) is 0 Å². The van der Waals surface area contributed by atoms with Gasteiger partial charge in [-0.3, -0.25) is 9.69 Å². The summed E-state index contributed by atoms with van der Waals surface area (Å²) in [5, 5.41) is 2.95. The average Bonchev–Trinajstić information content (AvgIpc) is 2.80. The first-order valence-corrected chi connectivity index (χ1v) is 13.0. The molecule has 186 valence electrons. The van der Waals surface area contributed by atoms with Gasteiger partial charge in [0, 0.05) is 78.7 Å². The minimum Gasteiger partial charge on any atom is -0.377 e. The largest absolute Gasteiger partial charge is 0.377 e. The lowest BCUT2D eigenvalue weighted by molar-refractivity contribution is 0.0947. The fraction of sp³-hybridized carbons (Fsp3) is 0.480. The normalized spacial score (nSPS) is 15.0. The van der Waals surface area contributed by atoms with Crippen molar-refractivity contribution in [1.82, 2.24) is 14.5 Å². The van der Waals surface area contributed by atoms with Crippen molar-refractivity contribution in [3.05, 3.63) is 53.1 Å². The molecule has 1 aliphatic heterocycles. The number of carbonyl (C=O) groups excluding carboxylic acids is 1. The van der Waals surface area contributed by atoms with Crippen LogP contribution >= 0.6 is 0 Å². The number of nitrogens with zero attached hydrogens (tertiary/aromatic N) is 4. The topological polar surface area (TPSA) is 76.2 Å². The molecule has 8 nitrogen and oxygen atoms in total. The van der Waals surface area contributed by atoms with E-state index in [0.717, 1.165) is 37.0 Å². The van der Waals surface area contributed by atoms with Crippen LogP contribution in [0.15, 0.2) is 41.3 Å². The molecule has 0 aromatic heterocycles. The van der Waals surface area contributed by atoms with Crippen LogP contribution in [0.4, 0.5) is 11.4 Å². The molecule has 0 unspecified atom stereocenters. The van der Waals surface area contributed by atoms with Gasteiger partial charge in [-0.2, -0.15) is 0 Å². The van der Waals surface area contributed by atoms with Gasteiger partial charge in [0.1, 0.15) is 4.90 Å². The Morgan fingerprint density at radius 2 is 1.68 bits per heavy atom. The SMILES string of the molecule is Cc1cccc(N2CCN(CCNC(=O)c3ccc(N(C)C)c(S(=O)(=O)N(C)C)c3)CC2)c1C. The fourth-order valence-electron chi connectivity index (χ4n) is 4.15. The van der Waals surface area contributed by atoms with E-state index < -0.39 is 10.0 Å². The second-order valence-corrected chi connectivity index (χ2v) is 11.3. The summed E-state index contributed by atoms with van der Waals surface area (Å²) >= 11 is 0. The summed E-state index contributed by atoms with van der Waals surface area (Å²) in [5.41, 5.74) is 4.83. The van der Waals surface area contributed by atoms with Crippen LogP contribution < -0.4 is 15.1 Å². The van der Waals surface area contributed by atoms with Gasteiger partial charge in [-0.05, 0) is 49.2 Å². The van der Waals surface area contributed by atoms with Crippen LogP contribution in [0.3, 0.4) is 0 Å². The Morgan fingerprint density at radius 1 is 1.00 bits per heavy atom. The summed E-state index contributed by atoms with van der Waals surface area (Å²) in [5.74, 6) is -0.269. The van der Waals surface area contributed by atoms with E-state index in [1.165, 1.54) is 37.0 Å². The zero-order chi connectivity index (χ0) is 25.0. The maximum Gasteiger partial charge on any atom is 0.251 e. The zero-order valence-corrected chi connectivity index (χ0v) is 21.9. The number of piperazine rings is 1. The molecule has 0 saturated carbocycles. The second kappa shape index (κ2) is 10.8. The number of amides is 1. The van der Waals surface area contributed by atoms with Crippen LogP contribution in [0.2, 0.25) is 0 Å². The molecule has 0 radical (unpaired) electrons. The lowest BCUT2D eigenvalue weighted by Crippen LogP contribution is -2.48. The maximum atomic E-state index is 12.8. The molecule has 0 bridgehead atoms. The van der Waals surface area contributed by atoms with Gasteiger partial charge in [-0.15, -0.1) is 0 Å². The molecule has 1 saturated heterocycles. The highest BCUT2D eigenvalue weighted by Gasteiger charge is 2.24. The molecule has 9 heteroatoms. The summed E-state index contributed by atoms with van der Waals surface area (Å²) in [6.45, 7) is 9.36. The van der Waals surface area contributed by atoms with Crippen LogP contribution in [0.5, 0.6) is 0 Å². The minimum atomic E-state index is -3.68. The summed E-state index contributed by atoms with van der Waals surface area (Å²) in [4.78, 5) is 19.4. The first-order chi connectivity index (χ1) is 16.0. The second-order valence-electron chi connectivity index (χ2n) is 9.17. The number of nitrogens with one attached hydrogen (secondary N) is 1. The van der Waals surface area contributed by atoms with Gasteiger partial charge in [0.2, 0.25) is 10.0 Å². The number of hydrogen-bond donors (Lipinski definition) is 1. The molecule has 1 heterocycles. The molecule has 2 aromatic carbocycles. The Bertz CT molecular complexity index is 1120. The lowest BCUT2D eigenvalue weighted by atomic mass is 10.1. The van der Waals surface area contributed by atoms with E-state index in [0.29, 0.717) is 17.8 Å². The van der Waals surface area contributed by atoms with Crippen molar-refractivity contribution in [2.45, 2.75) is 18.7 Å². The molecule has 1 amide bonds. The van der Waals surface area contributed by atoms with Gasteiger partial charge in [-0.25, -0.2) is 12.7 Å². The van der Waals surface area contributed by atoms with Crippen molar-refractivity contribution < 1.29 is 13.2 Å². The third-order valence-electron chi connectivity index (χ3n) is 6.47. The van der Waals surface area contributed by atoms with Gasteiger partial charge in [0.05, 0.1) is 5.69 Å².